The van der Waals surface area contributed by atoms with Gasteiger partial charge in [-0.05, 0) is 30.3 Å². The van der Waals surface area contributed by atoms with E-state index >= 15 is 0 Å². The van der Waals surface area contributed by atoms with E-state index in [9.17, 15) is 17.4 Å². The maximum atomic E-state index is 12.8. The standard InChI is InChI=1S/C15H11ClF3NO3S/c16-11-7-9(15(17,18)19)1-3-12(11)20-5-6-23-14-8-10(24(21)22)2-4-13(14)20/h1-4,7-8H,5-6H2,(H,21,22). The van der Waals surface area contributed by atoms with Gasteiger partial charge in [-0.1, -0.05) is 11.6 Å². The van der Waals surface area contributed by atoms with Gasteiger partial charge in [-0.3, -0.25) is 0 Å². The Labute approximate surface area is 143 Å². The number of ether oxygens (including phenoxy) is 1. The predicted octanol–water partition coefficient (Wildman–Crippen LogP) is 4.47. The van der Waals surface area contributed by atoms with Gasteiger partial charge in [-0.2, -0.15) is 13.2 Å². The molecular weight excluding hydrogens is 367 g/mol. The molecule has 2 aromatic rings. The number of hydrogen-bond donors (Lipinski definition) is 1. The molecule has 1 unspecified atom stereocenters. The van der Waals surface area contributed by atoms with Crippen LogP contribution in [0.25, 0.3) is 0 Å². The molecule has 0 saturated heterocycles. The average Bonchev–Trinajstić information content (AvgIpc) is 2.53. The molecule has 0 amide bonds. The molecule has 1 heterocycles. The SMILES string of the molecule is O=S(O)c1ccc2c(c1)OCCN2c1ccc(C(F)(F)F)cc1Cl. The van der Waals surface area contributed by atoms with E-state index in [1.54, 1.807) is 11.0 Å². The third kappa shape index (κ3) is 3.22. The van der Waals surface area contributed by atoms with Gasteiger partial charge in [0.05, 0.1) is 33.4 Å². The Balaban J connectivity index is 2.02. The van der Waals surface area contributed by atoms with Crippen molar-refractivity contribution in [3.8, 4) is 5.75 Å². The monoisotopic (exact) mass is 377 g/mol. The molecule has 0 aliphatic carbocycles. The van der Waals surface area contributed by atoms with Gasteiger partial charge in [-0.25, -0.2) is 4.21 Å². The lowest BCUT2D eigenvalue weighted by Gasteiger charge is -2.32. The summed E-state index contributed by atoms with van der Waals surface area (Å²) in [5.74, 6) is 0.372. The third-order valence-electron chi connectivity index (χ3n) is 3.56. The van der Waals surface area contributed by atoms with Crippen molar-refractivity contribution in [2.24, 2.45) is 0 Å². The Morgan fingerprint density at radius 2 is 1.88 bits per heavy atom. The molecule has 0 fully saturated rings. The van der Waals surface area contributed by atoms with Crippen molar-refractivity contribution in [2.75, 3.05) is 18.1 Å². The van der Waals surface area contributed by atoms with Gasteiger partial charge >= 0.3 is 6.18 Å². The Hall–Kier alpha value is -1.77. The van der Waals surface area contributed by atoms with Crippen molar-refractivity contribution >= 4 is 34.1 Å². The molecule has 4 nitrogen and oxygen atoms in total. The number of alkyl halides is 3. The first-order valence-electron chi connectivity index (χ1n) is 6.79. The van der Waals surface area contributed by atoms with Crippen LogP contribution in [0.5, 0.6) is 5.75 Å². The highest BCUT2D eigenvalue weighted by Crippen LogP contribution is 2.42. The van der Waals surface area contributed by atoms with Crippen molar-refractivity contribution in [2.45, 2.75) is 11.1 Å². The first-order chi connectivity index (χ1) is 11.3. The van der Waals surface area contributed by atoms with Gasteiger partial charge in [-0.15, -0.1) is 0 Å². The van der Waals surface area contributed by atoms with E-state index in [0.717, 1.165) is 12.1 Å². The number of nitrogens with zero attached hydrogens (tertiary/aromatic N) is 1. The van der Waals surface area contributed by atoms with E-state index in [0.29, 0.717) is 23.7 Å². The van der Waals surface area contributed by atoms with Crippen molar-refractivity contribution in [3.63, 3.8) is 0 Å². The topological polar surface area (TPSA) is 49.8 Å². The lowest BCUT2D eigenvalue weighted by atomic mass is 10.1. The van der Waals surface area contributed by atoms with Crippen LogP contribution < -0.4 is 9.64 Å². The van der Waals surface area contributed by atoms with E-state index in [1.807, 2.05) is 0 Å². The molecule has 1 atom stereocenters. The molecule has 1 N–H and O–H groups in total. The van der Waals surface area contributed by atoms with Crippen molar-refractivity contribution in [3.05, 3.63) is 47.0 Å². The Bertz CT molecular complexity index is 813. The van der Waals surface area contributed by atoms with Crippen LogP contribution in [0.1, 0.15) is 5.56 Å². The van der Waals surface area contributed by atoms with Crippen LogP contribution in [0.3, 0.4) is 0 Å². The minimum absolute atomic E-state index is 0.0347. The molecule has 1 aliphatic heterocycles. The fourth-order valence-corrected chi connectivity index (χ4v) is 3.14. The molecule has 0 bridgehead atoms. The molecule has 128 valence electrons. The predicted molar refractivity (Wildman–Crippen MR) is 84.4 cm³/mol. The molecule has 0 aromatic heterocycles. The maximum Gasteiger partial charge on any atom is 0.416 e. The quantitative estimate of drug-likeness (QED) is 0.784. The van der Waals surface area contributed by atoms with Crippen LogP contribution in [-0.4, -0.2) is 21.9 Å². The van der Waals surface area contributed by atoms with E-state index in [-0.39, 0.29) is 16.5 Å². The number of halogens is 4. The molecule has 24 heavy (non-hydrogen) atoms. The minimum atomic E-state index is -4.47. The normalized spacial score (nSPS) is 15.6. The zero-order valence-corrected chi connectivity index (χ0v) is 13.6. The molecule has 2 aromatic carbocycles. The second kappa shape index (κ2) is 6.27. The summed E-state index contributed by atoms with van der Waals surface area (Å²) in [5, 5.41) is -0.0347. The van der Waals surface area contributed by atoms with Crippen molar-refractivity contribution < 1.29 is 26.7 Å². The summed E-state index contributed by atoms with van der Waals surface area (Å²) >= 11 is 3.90. The highest BCUT2D eigenvalue weighted by atomic mass is 35.5. The first kappa shape index (κ1) is 17.1. The van der Waals surface area contributed by atoms with E-state index in [2.05, 4.69) is 0 Å². The molecule has 0 spiro atoms. The van der Waals surface area contributed by atoms with Gasteiger partial charge in [0.25, 0.3) is 0 Å². The smallest absolute Gasteiger partial charge is 0.416 e. The lowest BCUT2D eigenvalue weighted by Crippen LogP contribution is -2.29. The molecule has 3 rings (SSSR count). The summed E-state index contributed by atoms with van der Waals surface area (Å²) in [7, 11) is 0. The molecule has 9 heteroatoms. The Morgan fingerprint density at radius 3 is 2.50 bits per heavy atom. The number of hydrogen-bond acceptors (Lipinski definition) is 3. The van der Waals surface area contributed by atoms with E-state index in [1.165, 1.54) is 18.2 Å². The average molecular weight is 378 g/mol. The Morgan fingerprint density at radius 1 is 1.17 bits per heavy atom. The van der Waals surface area contributed by atoms with Gasteiger partial charge in [0.15, 0.2) is 11.1 Å². The summed E-state index contributed by atoms with van der Waals surface area (Å²) in [6, 6.07) is 7.60. The summed E-state index contributed by atoms with van der Waals surface area (Å²) in [5.41, 5.74) is 0.153. The summed E-state index contributed by atoms with van der Waals surface area (Å²) in [4.78, 5) is 1.89. The van der Waals surface area contributed by atoms with Gasteiger partial charge in [0, 0.05) is 6.07 Å². The van der Waals surface area contributed by atoms with Crippen molar-refractivity contribution in [1.82, 2.24) is 0 Å². The van der Waals surface area contributed by atoms with E-state index in [4.69, 9.17) is 20.9 Å². The van der Waals surface area contributed by atoms with Crippen LogP contribution in [-0.2, 0) is 17.3 Å². The largest absolute Gasteiger partial charge is 0.489 e. The van der Waals surface area contributed by atoms with Crippen LogP contribution >= 0.6 is 11.6 Å². The highest BCUT2D eigenvalue weighted by Gasteiger charge is 2.32. The second-order valence-electron chi connectivity index (χ2n) is 5.04. The van der Waals surface area contributed by atoms with Crippen LogP contribution in [0.4, 0.5) is 24.5 Å². The molecule has 0 radical (unpaired) electrons. The van der Waals surface area contributed by atoms with Crippen LogP contribution in [0.15, 0.2) is 41.3 Å². The minimum Gasteiger partial charge on any atom is -0.489 e. The van der Waals surface area contributed by atoms with Gasteiger partial charge < -0.3 is 14.2 Å². The first-order valence-corrected chi connectivity index (χ1v) is 8.28. The highest BCUT2D eigenvalue weighted by molar-refractivity contribution is 7.79. The lowest BCUT2D eigenvalue weighted by molar-refractivity contribution is -0.137. The zero-order chi connectivity index (χ0) is 17.5. The number of rotatable bonds is 2. The van der Waals surface area contributed by atoms with Crippen molar-refractivity contribution in [1.29, 1.82) is 0 Å². The molecule has 0 saturated carbocycles. The zero-order valence-electron chi connectivity index (χ0n) is 12.0. The summed E-state index contributed by atoms with van der Waals surface area (Å²) < 4.78 is 64.0. The number of benzene rings is 2. The van der Waals surface area contributed by atoms with Crippen LogP contribution in [0.2, 0.25) is 5.02 Å². The number of fused-ring (bicyclic) bond motifs is 1. The summed E-state index contributed by atoms with van der Waals surface area (Å²) in [6.07, 6.45) is -4.47. The van der Waals surface area contributed by atoms with Crippen LogP contribution in [0, 0.1) is 0 Å². The fraction of sp³-hybridized carbons (Fsp3) is 0.200. The van der Waals surface area contributed by atoms with Gasteiger partial charge in [0.1, 0.15) is 12.4 Å². The maximum absolute atomic E-state index is 12.8. The Kier molecular flexibility index (Phi) is 4.46. The number of anilines is 2. The molecule has 1 aliphatic rings. The molecular formula is C15H11ClF3NO3S. The second-order valence-corrected chi connectivity index (χ2v) is 6.42. The van der Waals surface area contributed by atoms with Gasteiger partial charge in [0.2, 0.25) is 0 Å². The third-order valence-corrected chi connectivity index (χ3v) is 4.52. The van der Waals surface area contributed by atoms with E-state index < -0.39 is 22.8 Å². The fourth-order valence-electron chi connectivity index (χ4n) is 2.46. The summed E-state index contributed by atoms with van der Waals surface area (Å²) in [6.45, 7) is 0.658.